The maximum Gasteiger partial charge on any atom is 0.276 e. The number of nitrogens with zero attached hydrogens (tertiary/aromatic N) is 1. The molecule has 6 nitrogen and oxygen atoms in total. The lowest BCUT2D eigenvalue weighted by Gasteiger charge is -2.11. The largest absolute Gasteiger partial charge is 0.483 e. The Morgan fingerprint density at radius 2 is 1.72 bits per heavy atom. The van der Waals surface area contributed by atoms with Gasteiger partial charge in [0.15, 0.2) is 6.61 Å². The van der Waals surface area contributed by atoms with E-state index in [4.69, 9.17) is 4.74 Å². The van der Waals surface area contributed by atoms with Crippen molar-refractivity contribution in [2.45, 2.75) is 26.2 Å². The van der Waals surface area contributed by atoms with Crippen LogP contribution in [0.5, 0.6) is 5.75 Å². The maximum atomic E-state index is 12.1. The number of carbonyl (C=O) groups is 2. The van der Waals surface area contributed by atoms with Gasteiger partial charge in [-0.25, -0.2) is 4.98 Å². The third-order valence-electron chi connectivity index (χ3n) is 4.19. The van der Waals surface area contributed by atoms with Gasteiger partial charge in [-0.1, -0.05) is 55.5 Å². The fraction of sp³-hybridized carbons (Fsp3) is 0.227. The highest BCUT2D eigenvalue weighted by atomic mass is 32.1. The third kappa shape index (κ3) is 6.43. The lowest BCUT2D eigenvalue weighted by Crippen LogP contribution is -2.44. The van der Waals surface area contributed by atoms with Crippen LogP contribution >= 0.6 is 11.3 Å². The number of para-hydroxylation sites is 1. The minimum Gasteiger partial charge on any atom is -0.483 e. The van der Waals surface area contributed by atoms with Crippen LogP contribution in [0.4, 0.5) is 0 Å². The van der Waals surface area contributed by atoms with E-state index in [9.17, 15) is 9.59 Å². The van der Waals surface area contributed by atoms with Crippen molar-refractivity contribution >= 4 is 23.2 Å². The van der Waals surface area contributed by atoms with Gasteiger partial charge in [-0.05, 0) is 23.6 Å². The van der Waals surface area contributed by atoms with Gasteiger partial charge in [0.05, 0.1) is 17.1 Å². The van der Waals surface area contributed by atoms with Crippen LogP contribution in [0.25, 0.3) is 0 Å². The summed E-state index contributed by atoms with van der Waals surface area (Å²) in [5, 5.41) is 2.82. The van der Waals surface area contributed by atoms with Gasteiger partial charge in [0.1, 0.15) is 5.75 Å². The van der Waals surface area contributed by atoms with E-state index < -0.39 is 5.91 Å². The maximum absolute atomic E-state index is 12.1. The Kier molecular flexibility index (Phi) is 7.35. The second kappa shape index (κ2) is 10.4. The number of carbonyl (C=O) groups excluding carboxylic acids is 2. The van der Waals surface area contributed by atoms with Crippen LogP contribution in [0.15, 0.2) is 60.0 Å². The van der Waals surface area contributed by atoms with Crippen molar-refractivity contribution in [2.24, 2.45) is 0 Å². The first-order chi connectivity index (χ1) is 14.1. The molecule has 2 amide bonds. The molecule has 0 aliphatic heterocycles. The van der Waals surface area contributed by atoms with E-state index in [1.807, 2.05) is 66.9 Å². The lowest BCUT2D eigenvalue weighted by atomic mass is 10.1. The van der Waals surface area contributed by atoms with Crippen molar-refractivity contribution in [1.29, 1.82) is 0 Å². The van der Waals surface area contributed by atoms with Gasteiger partial charge < -0.3 is 4.74 Å². The highest BCUT2D eigenvalue weighted by Gasteiger charge is 2.10. The van der Waals surface area contributed by atoms with Gasteiger partial charge in [-0.2, -0.15) is 0 Å². The first kappa shape index (κ1) is 20.5. The van der Waals surface area contributed by atoms with E-state index in [2.05, 4.69) is 15.8 Å². The zero-order valence-electron chi connectivity index (χ0n) is 16.2. The van der Waals surface area contributed by atoms with E-state index in [0.717, 1.165) is 23.4 Å². The molecule has 150 valence electrons. The number of hydrogen-bond acceptors (Lipinski definition) is 5. The van der Waals surface area contributed by atoms with Crippen molar-refractivity contribution in [1.82, 2.24) is 15.8 Å². The monoisotopic (exact) mass is 409 g/mol. The summed E-state index contributed by atoms with van der Waals surface area (Å²) >= 11 is 1.52. The minimum absolute atomic E-state index is 0.102. The van der Waals surface area contributed by atoms with E-state index >= 15 is 0 Å². The molecular formula is C22H23N3O3S. The predicted octanol–water partition coefficient (Wildman–Crippen LogP) is 3.07. The highest BCUT2D eigenvalue weighted by molar-refractivity contribution is 7.09. The quantitative estimate of drug-likeness (QED) is 0.561. The van der Waals surface area contributed by atoms with Crippen LogP contribution in [-0.4, -0.2) is 23.4 Å². The Balaban J connectivity index is 1.41. The number of aryl methyl sites for hydroxylation is 1. The molecule has 2 N–H and O–H groups in total. The van der Waals surface area contributed by atoms with Crippen molar-refractivity contribution in [3.8, 4) is 5.75 Å². The molecule has 1 heterocycles. The number of rotatable bonds is 8. The van der Waals surface area contributed by atoms with Crippen LogP contribution in [0, 0.1) is 0 Å². The summed E-state index contributed by atoms with van der Waals surface area (Å²) in [4.78, 5) is 28.5. The van der Waals surface area contributed by atoms with Gasteiger partial charge in [0.2, 0.25) is 5.91 Å². The van der Waals surface area contributed by atoms with E-state index in [1.165, 1.54) is 16.9 Å². The third-order valence-corrected chi connectivity index (χ3v) is 5.09. The number of thiazole rings is 1. The average Bonchev–Trinajstić information content (AvgIpc) is 3.18. The zero-order valence-corrected chi connectivity index (χ0v) is 17.0. The number of aromatic nitrogens is 1. The second-order valence-electron chi connectivity index (χ2n) is 6.42. The smallest absolute Gasteiger partial charge is 0.276 e. The number of nitrogens with one attached hydrogen (secondary N) is 2. The molecule has 0 saturated carbocycles. The zero-order chi connectivity index (χ0) is 20.5. The standard InChI is InChI=1S/C22H23N3O3S/c1-2-17-10-6-7-11-19(17)28-14-21(27)25-24-20(26)13-18-15-29-22(23-18)12-16-8-4-3-5-9-16/h3-11,15H,2,12-14H2,1H3,(H,24,26)(H,25,27). The fourth-order valence-electron chi connectivity index (χ4n) is 2.75. The second-order valence-corrected chi connectivity index (χ2v) is 7.36. The summed E-state index contributed by atoms with van der Waals surface area (Å²) in [5.74, 6) is -0.0823. The Morgan fingerprint density at radius 3 is 2.52 bits per heavy atom. The fourth-order valence-corrected chi connectivity index (χ4v) is 3.57. The molecule has 3 rings (SSSR count). The molecule has 0 bridgehead atoms. The Hall–Kier alpha value is -3.19. The van der Waals surface area contributed by atoms with E-state index in [1.54, 1.807) is 0 Å². The molecule has 0 radical (unpaired) electrons. The first-order valence-electron chi connectivity index (χ1n) is 9.39. The van der Waals surface area contributed by atoms with E-state index in [-0.39, 0.29) is 18.9 Å². The van der Waals surface area contributed by atoms with E-state index in [0.29, 0.717) is 11.4 Å². The number of hydrogen-bond donors (Lipinski definition) is 2. The minimum atomic E-state index is -0.424. The predicted molar refractivity (Wildman–Crippen MR) is 113 cm³/mol. The molecule has 0 saturated heterocycles. The molecule has 0 spiro atoms. The molecular weight excluding hydrogens is 386 g/mol. The molecule has 3 aromatic rings. The van der Waals surface area contributed by atoms with Crippen LogP contribution < -0.4 is 15.6 Å². The van der Waals surface area contributed by atoms with Gasteiger partial charge in [-0.3, -0.25) is 20.4 Å². The first-order valence-corrected chi connectivity index (χ1v) is 10.3. The lowest BCUT2D eigenvalue weighted by molar-refractivity contribution is -0.129. The molecule has 2 aromatic carbocycles. The summed E-state index contributed by atoms with van der Waals surface area (Å²) in [7, 11) is 0. The van der Waals surface area contributed by atoms with Crippen molar-refractivity contribution in [2.75, 3.05) is 6.61 Å². The van der Waals surface area contributed by atoms with Crippen molar-refractivity contribution < 1.29 is 14.3 Å². The molecule has 0 fully saturated rings. The molecule has 0 atom stereocenters. The van der Waals surface area contributed by atoms with Gasteiger partial charge >= 0.3 is 0 Å². The molecule has 29 heavy (non-hydrogen) atoms. The molecule has 0 aliphatic rings. The Morgan fingerprint density at radius 1 is 1.00 bits per heavy atom. The molecule has 7 heteroatoms. The van der Waals surface area contributed by atoms with Crippen LogP contribution in [0.3, 0.4) is 0 Å². The summed E-state index contributed by atoms with van der Waals surface area (Å²) in [6.07, 6.45) is 1.65. The summed E-state index contributed by atoms with van der Waals surface area (Å²) < 4.78 is 5.53. The molecule has 0 unspecified atom stereocenters. The van der Waals surface area contributed by atoms with Crippen molar-refractivity contribution in [3.05, 3.63) is 81.8 Å². The summed E-state index contributed by atoms with van der Waals surface area (Å²) in [6, 6.07) is 17.6. The van der Waals surface area contributed by atoms with Gasteiger partial charge in [0, 0.05) is 11.8 Å². The topological polar surface area (TPSA) is 80.3 Å². The number of hydrazine groups is 1. The number of amides is 2. The van der Waals surface area contributed by atoms with Crippen LogP contribution in [0.1, 0.15) is 28.8 Å². The Bertz CT molecular complexity index is 957. The van der Waals surface area contributed by atoms with Crippen LogP contribution in [-0.2, 0) is 28.9 Å². The highest BCUT2D eigenvalue weighted by Crippen LogP contribution is 2.18. The summed E-state index contributed by atoms with van der Waals surface area (Å²) in [5.41, 5.74) is 7.65. The van der Waals surface area contributed by atoms with Gasteiger partial charge in [-0.15, -0.1) is 11.3 Å². The molecule has 0 aliphatic carbocycles. The SMILES string of the molecule is CCc1ccccc1OCC(=O)NNC(=O)Cc1csc(Cc2ccccc2)n1. The number of ether oxygens (including phenoxy) is 1. The normalized spacial score (nSPS) is 10.4. The van der Waals surface area contributed by atoms with Gasteiger partial charge in [0.25, 0.3) is 5.91 Å². The average molecular weight is 410 g/mol. The molecule has 1 aromatic heterocycles. The number of benzene rings is 2. The Labute approximate surface area is 173 Å². The van der Waals surface area contributed by atoms with Crippen molar-refractivity contribution in [3.63, 3.8) is 0 Å². The van der Waals surface area contributed by atoms with Crippen LogP contribution in [0.2, 0.25) is 0 Å². The summed E-state index contributed by atoms with van der Waals surface area (Å²) in [6.45, 7) is 1.85.